The molecule has 0 fully saturated rings. The Labute approximate surface area is 361 Å². The van der Waals surface area contributed by atoms with Crippen LogP contribution in [0.3, 0.4) is 0 Å². The Hall–Kier alpha value is 1.55. The van der Waals surface area contributed by atoms with E-state index in [0.29, 0.717) is 0 Å². The van der Waals surface area contributed by atoms with E-state index in [-0.39, 0.29) is 0 Å². The number of aromatic nitrogens is 1. The first-order valence-electron chi connectivity index (χ1n) is 22.2. The van der Waals surface area contributed by atoms with Crippen LogP contribution >= 0.6 is 0 Å². The lowest BCUT2D eigenvalue weighted by Gasteiger charge is -2.67. The summed E-state index contributed by atoms with van der Waals surface area (Å²) in [6.07, 6.45) is 2.29. The molecule has 14 heteroatoms. The Kier molecular flexibility index (Phi) is 17.6. The normalized spacial score (nSPS) is 15.6. The third-order valence-electron chi connectivity index (χ3n) is 13.0. The zero-order valence-electron chi connectivity index (χ0n) is 43.1. The summed E-state index contributed by atoms with van der Waals surface area (Å²) in [5.41, 5.74) is 2.98. The molecule has 0 aliphatic heterocycles. The van der Waals surface area contributed by atoms with Gasteiger partial charge in [-0.1, -0.05) is 215 Å². The zero-order valence-corrected chi connectivity index (χ0v) is 55.1. The molecule has 0 saturated heterocycles. The van der Waals surface area contributed by atoms with Gasteiger partial charge >= 0.3 is 0 Å². The van der Waals surface area contributed by atoms with Gasteiger partial charge in [-0.15, -0.1) is 0 Å². The van der Waals surface area contributed by atoms with E-state index in [1.54, 1.807) is 5.32 Å². The molecule has 1 aromatic rings. The van der Waals surface area contributed by atoms with E-state index in [2.05, 4.69) is 222 Å². The lowest BCUT2D eigenvalue weighted by molar-refractivity contribution is 0.986. The first-order chi connectivity index (χ1) is 23.9. The largest absolute Gasteiger partial charge is 0.378 e. The minimum absolute atomic E-state index is 0.777. The quantitative estimate of drug-likeness (QED) is 0.128. The maximum absolute atomic E-state index is 5.86. The first kappa shape index (κ1) is 54.6. The van der Waals surface area contributed by atoms with Gasteiger partial charge in [0.05, 0.1) is 7.83 Å². The van der Waals surface area contributed by atoms with Crippen molar-refractivity contribution in [1.82, 2.24) is 4.98 Å². The topological polar surface area (TPSA) is 16.1 Å². The summed E-state index contributed by atoms with van der Waals surface area (Å²) in [6.45, 7) is 80.1. The van der Waals surface area contributed by atoms with Crippen LogP contribution in [0.25, 0.3) is 0 Å². The van der Waals surface area contributed by atoms with E-state index in [0.717, 1.165) is 30.2 Å². The van der Waals surface area contributed by atoms with Crippen LogP contribution in [-0.4, -0.2) is 115 Å². The molecule has 1 rings (SSSR count). The summed E-state index contributed by atoms with van der Waals surface area (Å²) in [4.78, 5) is 12.3. The van der Waals surface area contributed by atoms with Crippen molar-refractivity contribution in [3.8, 4) is 0 Å². The summed E-state index contributed by atoms with van der Waals surface area (Å²) >= 11 is 0. The number of nitrogens with zero attached hydrogens (tertiary/aromatic N) is 2. The Morgan fingerprint density at radius 3 is 0.982 bits per heavy atom. The third-order valence-corrected chi connectivity index (χ3v) is 123. The highest BCUT2D eigenvalue weighted by atomic mass is 29.8. The molecular formula is C41H99N2Si12. The predicted octanol–water partition coefficient (Wildman–Crippen LogP) is 13.8. The van der Waals surface area contributed by atoms with Crippen LogP contribution < -0.4 is 10.2 Å². The second-order valence-corrected chi connectivity index (χ2v) is 99.6. The molecule has 3 radical (unpaired) electrons. The Morgan fingerprint density at radius 2 is 0.764 bits per heavy atom. The van der Waals surface area contributed by atoms with Crippen LogP contribution in [0.5, 0.6) is 0 Å². The van der Waals surface area contributed by atoms with Gasteiger partial charge in [-0.25, -0.2) is 0 Å². The standard InChI is InChI=1S/C41H99N2Si12/c1-34(2)54(38(46(7,8)9)47(10,11)12,39(48(13,14)15)49(16,17)18)44-45(37-33-36(43(5)6)31-32-42-37)55(35(3)4,40(50(19,20)21)51(22,23)24)41(52(25,26)27)53(28,29)30/h31-35,38-41H,1-30H3. The summed E-state index contributed by atoms with van der Waals surface area (Å²) in [5.74, 6) is 0. The van der Waals surface area contributed by atoms with Gasteiger partial charge in [-0.05, 0) is 12.1 Å². The van der Waals surface area contributed by atoms with Crippen LogP contribution in [0.4, 0.5) is 5.69 Å². The van der Waals surface area contributed by atoms with Gasteiger partial charge in [0.1, 0.15) is 0 Å². The molecule has 321 valence electrons. The molecule has 1 aromatic heterocycles. The van der Waals surface area contributed by atoms with Gasteiger partial charge in [-0.2, -0.15) is 0 Å². The van der Waals surface area contributed by atoms with Crippen molar-refractivity contribution in [1.29, 1.82) is 0 Å². The summed E-state index contributed by atoms with van der Waals surface area (Å²) in [6, 6.07) is 5.07. The maximum atomic E-state index is 5.86. The lowest BCUT2D eigenvalue weighted by atomic mass is 10.4. The van der Waals surface area contributed by atoms with Gasteiger partial charge in [-0.3, -0.25) is 4.98 Å². The molecular weight excluding hydrogens is 857 g/mol. The van der Waals surface area contributed by atoms with E-state index in [1.165, 1.54) is 14.2 Å². The van der Waals surface area contributed by atoms with Crippen molar-refractivity contribution in [3.05, 3.63) is 18.3 Å². The maximum Gasteiger partial charge on any atom is 0.0860 e. The molecule has 0 saturated carbocycles. The average molecular weight is 957 g/mol. The van der Waals surface area contributed by atoms with E-state index in [1.807, 2.05) is 0 Å². The minimum Gasteiger partial charge on any atom is -0.378 e. The van der Waals surface area contributed by atoms with Gasteiger partial charge in [0.15, 0.2) is 0 Å². The Morgan fingerprint density at radius 1 is 0.473 bits per heavy atom. The Balaban J connectivity index is 5.40. The molecule has 0 atom stereocenters. The number of pyridine rings is 1. The highest BCUT2D eigenvalue weighted by Crippen LogP contribution is 2.60. The van der Waals surface area contributed by atoms with Crippen molar-refractivity contribution in [2.24, 2.45) is 0 Å². The van der Waals surface area contributed by atoms with Crippen LogP contribution in [0, 0.1) is 0 Å². The first-order valence-corrected chi connectivity index (χ1v) is 60.7. The van der Waals surface area contributed by atoms with Crippen LogP contribution in [0.15, 0.2) is 18.3 Å². The molecule has 55 heavy (non-hydrogen) atoms. The van der Waals surface area contributed by atoms with E-state index in [4.69, 9.17) is 4.98 Å². The molecule has 0 spiro atoms. The van der Waals surface area contributed by atoms with Crippen molar-refractivity contribution >= 4 is 107 Å². The monoisotopic (exact) mass is 956 g/mol. The van der Waals surface area contributed by atoms with Crippen molar-refractivity contribution < 1.29 is 0 Å². The summed E-state index contributed by atoms with van der Waals surface area (Å²) in [7, 11) is -12.8. The molecule has 0 amide bonds. The molecule has 0 aliphatic rings. The minimum atomic E-state index is -2.21. The van der Waals surface area contributed by atoms with Crippen LogP contribution in [0.2, 0.25) is 187 Å². The SMILES string of the molecule is CC(C)[Si]([Si][Si](c1cc(N(C)C)ccn1)[Si](C(C)C)(C([Si](C)(C)C)[Si](C)(C)C)C([Si](C)(C)C)[Si](C)(C)C)(C([Si](C)(C)C)[Si](C)(C)C)C([Si](C)(C)C)[Si](C)(C)C. The fourth-order valence-corrected chi connectivity index (χ4v) is 213. The molecule has 0 N–H and O–H groups in total. The number of anilines is 1. The fraction of sp³-hybridized carbons (Fsp3) is 0.878. The van der Waals surface area contributed by atoms with Crippen molar-refractivity contribution in [3.63, 3.8) is 0 Å². The number of hydrogen-bond donors (Lipinski definition) is 0. The van der Waals surface area contributed by atoms with Crippen molar-refractivity contribution in [2.75, 3.05) is 19.0 Å². The third kappa shape index (κ3) is 12.1. The lowest BCUT2D eigenvalue weighted by Crippen LogP contribution is -2.84. The zero-order chi connectivity index (χ0) is 44.3. The molecule has 0 bridgehead atoms. The van der Waals surface area contributed by atoms with E-state index >= 15 is 0 Å². The fourth-order valence-electron chi connectivity index (χ4n) is 14.9. The second-order valence-electron chi connectivity index (χ2n) is 27.6. The number of rotatable bonds is 19. The average Bonchev–Trinajstić information content (AvgIpc) is 2.84. The highest BCUT2D eigenvalue weighted by molar-refractivity contribution is 7.75. The molecule has 0 unspecified atom stereocenters. The molecule has 1 heterocycles. The summed E-state index contributed by atoms with van der Waals surface area (Å²) in [5, 5.41) is 1.66. The second kappa shape index (κ2) is 17.7. The van der Waals surface area contributed by atoms with Gasteiger partial charge in [0.25, 0.3) is 0 Å². The summed E-state index contributed by atoms with van der Waals surface area (Å²) < 4.78 is 0. The van der Waals surface area contributed by atoms with Crippen LogP contribution in [0.1, 0.15) is 27.7 Å². The number of hydrogen-bond acceptors (Lipinski definition) is 2. The van der Waals surface area contributed by atoms with E-state index < -0.39 is 87.6 Å². The van der Waals surface area contributed by atoms with Gasteiger partial charge in [0, 0.05) is 120 Å². The van der Waals surface area contributed by atoms with Gasteiger partial charge < -0.3 is 4.90 Å². The molecule has 2 nitrogen and oxygen atoms in total. The van der Waals surface area contributed by atoms with Crippen LogP contribution in [-0.2, 0) is 0 Å². The molecule has 0 aliphatic carbocycles. The Bertz CT molecular complexity index is 1270. The van der Waals surface area contributed by atoms with E-state index in [9.17, 15) is 0 Å². The highest BCUT2D eigenvalue weighted by Gasteiger charge is 2.71. The van der Waals surface area contributed by atoms with Crippen molar-refractivity contribution in [2.45, 2.75) is 215 Å². The molecule has 0 aromatic carbocycles. The van der Waals surface area contributed by atoms with Gasteiger partial charge in [0.2, 0.25) is 0 Å². The smallest absolute Gasteiger partial charge is 0.0860 e. The predicted molar refractivity (Wildman–Crippen MR) is 293 cm³/mol.